The molecule has 0 unspecified atom stereocenters. The van der Waals surface area contributed by atoms with Gasteiger partial charge in [-0.05, 0) is 48.0 Å². The standard InChI is InChI=1S/C18H14N4O2S2/c1-10(23)4-16-20-9-14(25-16)6-15-17(24)22-18(26-15)21-13-3-2-11-7-19-8-12(11)5-13/h2-3,5-7,9H,4,8H2,1H3,(H,21,22,24)/b15-6-. The van der Waals surface area contributed by atoms with E-state index < -0.39 is 0 Å². The molecule has 1 aromatic heterocycles. The molecule has 26 heavy (non-hydrogen) atoms. The molecule has 8 heteroatoms. The largest absolute Gasteiger partial charge is 0.300 e. The maximum atomic E-state index is 12.2. The Morgan fingerprint density at radius 3 is 3.15 bits per heavy atom. The van der Waals surface area contributed by atoms with Crippen LogP contribution in [0.2, 0.25) is 0 Å². The number of hydrogen-bond acceptors (Lipinski definition) is 7. The predicted molar refractivity (Wildman–Crippen MR) is 105 cm³/mol. The molecule has 1 saturated heterocycles. The Morgan fingerprint density at radius 1 is 1.42 bits per heavy atom. The van der Waals surface area contributed by atoms with Gasteiger partial charge >= 0.3 is 0 Å². The van der Waals surface area contributed by atoms with Crippen LogP contribution in [0.15, 0.2) is 39.3 Å². The predicted octanol–water partition coefficient (Wildman–Crippen LogP) is 3.10. The van der Waals surface area contributed by atoms with E-state index in [-0.39, 0.29) is 11.7 Å². The second-order valence-electron chi connectivity index (χ2n) is 5.87. The van der Waals surface area contributed by atoms with E-state index in [0.717, 1.165) is 26.7 Å². The van der Waals surface area contributed by atoms with Crippen LogP contribution in [0.25, 0.3) is 6.08 Å². The molecule has 2 aliphatic rings. The summed E-state index contributed by atoms with van der Waals surface area (Å²) in [6.07, 6.45) is 5.64. The maximum absolute atomic E-state index is 12.2. The quantitative estimate of drug-likeness (QED) is 0.824. The number of fused-ring (bicyclic) bond motifs is 1. The third kappa shape index (κ3) is 3.66. The summed E-state index contributed by atoms with van der Waals surface area (Å²) >= 11 is 2.71. The normalized spacial score (nSPS) is 18.6. The average Bonchev–Trinajstić information content (AvgIpc) is 3.29. The molecule has 0 spiro atoms. The molecule has 0 saturated carbocycles. The van der Waals surface area contributed by atoms with Gasteiger partial charge in [0.15, 0.2) is 5.17 Å². The second kappa shape index (κ2) is 6.97. The second-order valence-corrected chi connectivity index (χ2v) is 8.05. The molecule has 6 nitrogen and oxygen atoms in total. The lowest BCUT2D eigenvalue weighted by Gasteiger charge is -2.00. The van der Waals surface area contributed by atoms with Gasteiger partial charge in [0.1, 0.15) is 10.8 Å². The molecule has 1 N–H and O–H groups in total. The minimum Gasteiger partial charge on any atom is -0.300 e. The summed E-state index contributed by atoms with van der Waals surface area (Å²) in [5, 5.41) is 4.09. The van der Waals surface area contributed by atoms with E-state index in [2.05, 4.69) is 20.3 Å². The van der Waals surface area contributed by atoms with Crippen molar-refractivity contribution < 1.29 is 9.59 Å². The zero-order valence-corrected chi connectivity index (χ0v) is 15.5. The van der Waals surface area contributed by atoms with Crippen LogP contribution in [-0.2, 0) is 22.6 Å². The van der Waals surface area contributed by atoms with Crippen LogP contribution in [0.1, 0.15) is 27.9 Å². The van der Waals surface area contributed by atoms with Gasteiger partial charge in [-0.3, -0.25) is 14.6 Å². The molecule has 0 atom stereocenters. The Kier molecular flexibility index (Phi) is 4.52. The minimum atomic E-state index is -0.181. The fourth-order valence-electron chi connectivity index (χ4n) is 2.58. The number of carbonyl (C=O) groups is 2. The number of Topliss-reactive ketones (excluding diaryl/α,β-unsaturated/α-hetero) is 1. The summed E-state index contributed by atoms with van der Waals surface area (Å²) in [7, 11) is 0. The molecule has 1 aromatic carbocycles. The minimum absolute atomic E-state index is 0.0701. The lowest BCUT2D eigenvalue weighted by atomic mass is 10.1. The number of thioether (sulfide) groups is 1. The van der Waals surface area contributed by atoms with E-state index in [1.54, 1.807) is 12.3 Å². The first-order valence-corrected chi connectivity index (χ1v) is 9.56. The third-order valence-electron chi connectivity index (χ3n) is 3.75. The molecule has 2 aliphatic heterocycles. The van der Waals surface area contributed by atoms with Crippen LogP contribution >= 0.6 is 23.1 Å². The number of rotatable bonds is 4. The number of amides is 1. The summed E-state index contributed by atoms with van der Waals surface area (Å²) in [4.78, 5) is 37.7. The van der Waals surface area contributed by atoms with E-state index in [9.17, 15) is 9.59 Å². The van der Waals surface area contributed by atoms with Crippen LogP contribution < -0.4 is 5.32 Å². The summed E-state index contributed by atoms with van der Waals surface area (Å²) in [5.41, 5.74) is 3.05. The van der Waals surface area contributed by atoms with Gasteiger partial charge in [0, 0.05) is 17.3 Å². The molecule has 0 radical (unpaired) electrons. The van der Waals surface area contributed by atoms with Crippen molar-refractivity contribution in [3.8, 4) is 0 Å². The zero-order chi connectivity index (χ0) is 18.1. The SMILES string of the molecule is CC(=O)Cc1ncc(/C=C2\SC(=Nc3ccc4c(c3)CN=C4)NC2=O)s1. The first-order chi connectivity index (χ1) is 12.6. The van der Waals surface area contributed by atoms with Crippen molar-refractivity contribution in [3.05, 3.63) is 50.3 Å². The molecular weight excluding hydrogens is 368 g/mol. The van der Waals surface area contributed by atoms with Gasteiger partial charge in [0.25, 0.3) is 5.91 Å². The van der Waals surface area contributed by atoms with Crippen molar-refractivity contribution in [2.45, 2.75) is 19.9 Å². The number of carbonyl (C=O) groups excluding carboxylic acids is 2. The topological polar surface area (TPSA) is 83.8 Å². The van der Waals surface area contributed by atoms with Crippen LogP contribution in [0.3, 0.4) is 0 Å². The van der Waals surface area contributed by atoms with E-state index >= 15 is 0 Å². The smallest absolute Gasteiger partial charge is 0.264 e. The summed E-state index contributed by atoms with van der Waals surface area (Å²) in [6, 6.07) is 5.88. The van der Waals surface area contributed by atoms with Crippen LogP contribution in [0.4, 0.5) is 5.69 Å². The maximum Gasteiger partial charge on any atom is 0.264 e. The Balaban J connectivity index is 1.51. The van der Waals surface area contributed by atoms with Crippen LogP contribution in [0, 0.1) is 0 Å². The third-order valence-corrected chi connectivity index (χ3v) is 5.60. The fraction of sp³-hybridized carbons (Fsp3) is 0.167. The Labute approximate surface area is 158 Å². The highest BCUT2D eigenvalue weighted by atomic mass is 32.2. The van der Waals surface area contributed by atoms with Crippen LogP contribution in [-0.4, -0.2) is 28.1 Å². The van der Waals surface area contributed by atoms with Crippen molar-refractivity contribution in [3.63, 3.8) is 0 Å². The molecule has 2 aromatic rings. The molecule has 0 bridgehead atoms. The fourth-order valence-corrected chi connectivity index (χ4v) is 4.42. The van der Waals surface area contributed by atoms with Crippen molar-refractivity contribution in [1.29, 1.82) is 0 Å². The van der Waals surface area contributed by atoms with E-state index in [0.29, 0.717) is 23.0 Å². The van der Waals surface area contributed by atoms with Gasteiger partial charge in [0.2, 0.25) is 0 Å². The van der Waals surface area contributed by atoms with E-state index in [1.807, 2.05) is 24.4 Å². The van der Waals surface area contributed by atoms with Gasteiger partial charge in [0.05, 0.1) is 23.6 Å². The van der Waals surface area contributed by atoms with Gasteiger partial charge in [-0.2, -0.15) is 0 Å². The molecule has 0 aliphatic carbocycles. The van der Waals surface area contributed by atoms with Gasteiger partial charge in [-0.25, -0.2) is 9.98 Å². The van der Waals surface area contributed by atoms with Crippen molar-refractivity contribution in [2.75, 3.05) is 0 Å². The lowest BCUT2D eigenvalue weighted by Crippen LogP contribution is -2.19. The monoisotopic (exact) mass is 382 g/mol. The number of thiazole rings is 1. The number of aliphatic imine (C=N–C) groups is 2. The number of ketones is 1. The molecule has 1 amide bonds. The molecule has 3 heterocycles. The summed E-state index contributed by atoms with van der Waals surface area (Å²) in [6.45, 7) is 2.21. The van der Waals surface area contributed by atoms with Gasteiger partial charge < -0.3 is 5.32 Å². The Bertz CT molecular complexity index is 1000. The highest BCUT2D eigenvalue weighted by Crippen LogP contribution is 2.30. The highest BCUT2D eigenvalue weighted by molar-refractivity contribution is 8.18. The number of nitrogens with one attached hydrogen (secondary N) is 1. The Hall–Kier alpha value is -2.58. The number of nitrogens with zero attached hydrogens (tertiary/aromatic N) is 3. The zero-order valence-electron chi connectivity index (χ0n) is 13.9. The lowest BCUT2D eigenvalue weighted by molar-refractivity contribution is -0.116. The summed E-state index contributed by atoms with van der Waals surface area (Å²) < 4.78 is 0. The average molecular weight is 382 g/mol. The first kappa shape index (κ1) is 16.9. The molecule has 1 fully saturated rings. The van der Waals surface area contributed by atoms with Gasteiger partial charge in [-0.1, -0.05) is 6.07 Å². The summed E-state index contributed by atoms with van der Waals surface area (Å²) in [5.74, 6) is -0.111. The molecule has 4 rings (SSSR count). The number of benzene rings is 1. The van der Waals surface area contributed by atoms with Crippen molar-refractivity contribution in [1.82, 2.24) is 10.3 Å². The Morgan fingerprint density at radius 2 is 2.31 bits per heavy atom. The van der Waals surface area contributed by atoms with Crippen molar-refractivity contribution in [2.24, 2.45) is 9.98 Å². The van der Waals surface area contributed by atoms with E-state index in [1.165, 1.54) is 30.0 Å². The van der Waals surface area contributed by atoms with Gasteiger partial charge in [-0.15, -0.1) is 11.3 Å². The number of aromatic nitrogens is 1. The number of amidine groups is 1. The molecule has 130 valence electrons. The highest BCUT2D eigenvalue weighted by Gasteiger charge is 2.24. The van der Waals surface area contributed by atoms with Crippen molar-refractivity contribution >= 4 is 57.9 Å². The van der Waals surface area contributed by atoms with Crippen LogP contribution in [0.5, 0.6) is 0 Å². The number of hydrogen-bond donors (Lipinski definition) is 1. The molecular formula is C18H14N4O2S2. The first-order valence-electron chi connectivity index (χ1n) is 7.93. The van der Waals surface area contributed by atoms with E-state index in [4.69, 9.17) is 0 Å².